The number of nitrogens with one attached hydrogen (secondary N) is 1. The molecule has 0 spiro atoms. The summed E-state index contributed by atoms with van der Waals surface area (Å²) < 4.78 is 2.06. The minimum Gasteiger partial charge on any atom is -0.300 e. The number of carbonyl (C=O) groups excluding carboxylic acids is 1. The first-order chi connectivity index (χ1) is 12.1. The predicted octanol–water partition coefficient (Wildman–Crippen LogP) is 3.73. The smallest absolute Gasteiger partial charge is 0.236 e. The normalized spacial score (nSPS) is 11.2. The van der Waals surface area contributed by atoms with Crippen molar-refractivity contribution in [3.05, 3.63) is 22.5 Å². The van der Waals surface area contributed by atoms with Crippen LogP contribution in [-0.2, 0) is 11.2 Å². The Morgan fingerprint density at radius 3 is 2.80 bits per heavy atom. The third-order valence-corrected chi connectivity index (χ3v) is 6.06. The lowest BCUT2D eigenvalue weighted by atomic mass is 10.3. The fourth-order valence-electron chi connectivity index (χ4n) is 2.15. The lowest BCUT2D eigenvalue weighted by Crippen LogP contribution is -2.15. The van der Waals surface area contributed by atoms with Gasteiger partial charge in [-0.25, -0.2) is 0 Å². The number of aryl methyl sites for hydroxylation is 1. The number of thiophene rings is 1. The van der Waals surface area contributed by atoms with E-state index >= 15 is 0 Å². The van der Waals surface area contributed by atoms with Crippen molar-refractivity contribution in [3.8, 4) is 10.7 Å². The summed E-state index contributed by atoms with van der Waals surface area (Å²) in [6.07, 6.45) is 0.811. The Labute approximate surface area is 157 Å². The Balaban J connectivity index is 1.67. The van der Waals surface area contributed by atoms with Crippen molar-refractivity contribution in [2.24, 2.45) is 0 Å². The van der Waals surface area contributed by atoms with Crippen molar-refractivity contribution < 1.29 is 4.79 Å². The number of aromatic nitrogens is 5. The van der Waals surface area contributed by atoms with E-state index in [1.165, 1.54) is 23.1 Å². The summed E-state index contributed by atoms with van der Waals surface area (Å²) in [7, 11) is 0. The van der Waals surface area contributed by atoms with E-state index in [1.54, 1.807) is 11.3 Å². The molecule has 7 nitrogen and oxygen atoms in total. The standard InChI is InChI=1S/C15H18N6OS3/c1-4-12-17-19-14(25-12)16-11(22)8-24-15-20-18-13(21(15)9(2)3)10-6-5-7-23-10/h5-7,9H,4,8H2,1-3H3,(H,16,19,22). The molecule has 0 aliphatic rings. The van der Waals surface area contributed by atoms with E-state index in [0.717, 1.165) is 27.3 Å². The molecular formula is C15H18N6OS3. The maximum atomic E-state index is 12.2. The molecule has 3 aromatic rings. The van der Waals surface area contributed by atoms with E-state index in [0.29, 0.717) is 5.13 Å². The first kappa shape index (κ1) is 18.0. The third-order valence-electron chi connectivity index (χ3n) is 3.27. The molecule has 132 valence electrons. The zero-order chi connectivity index (χ0) is 17.8. The molecule has 3 rings (SSSR count). The highest BCUT2D eigenvalue weighted by atomic mass is 32.2. The van der Waals surface area contributed by atoms with Crippen molar-refractivity contribution in [1.29, 1.82) is 0 Å². The molecular weight excluding hydrogens is 376 g/mol. The van der Waals surface area contributed by atoms with Crippen LogP contribution in [0.3, 0.4) is 0 Å². The van der Waals surface area contributed by atoms with Gasteiger partial charge in [0.1, 0.15) is 5.01 Å². The van der Waals surface area contributed by atoms with Crippen LogP contribution in [0.4, 0.5) is 5.13 Å². The number of nitrogens with zero attached hydrogens (tertiary/aromatic N) is 5. The van der Waals surface area contributed by atoms with Crippen LogP contribution in [0.25, 0.3) is 10.7 Å². The zero-order valence-corrected chi connectivity index (χ0v) is 16.5. The molecule has 0 bridgehead atoms. The summed E-state index contributed by atoms with van der Waals surface area (Å²) in [5, 5.41) is 23.5. The van der Waals surface area contributed by atoms with Crippen LogP contribution in [-0.4, -0.2) is 36.6 Å². The number of thioether (sulfide) groups is 1. The van der Waals surface area contributed by atoms with Crippen LogP contribution < -0.4 is 5.32 Å². The second-order valence-electron chi connectivity index (χ2n) is 5.44. The van der Waals surface area contributed by atoms with Gasteiger partial charge < -0.3 is 0 Å². The number of amides is 1. The Hall–Kier alpha value is -1.78. The van der Waals surface area contributed by atoms with Gasteiger partial charge in [-0.1, -0.05) is 36.1 Å². The molecule has 0 radical (unpaired) electrons. The molecule has 25 heavy (non-hydrogen) atoms. The highest BCUT2D eigenvalue weighted by Crippen LogP contribution is 2.30. The first-order valence-electron chi connectivity index (χ1n) is 7.82. The lowest BCUT2D eigenvalue weighted by molar-refractivity contribution is -0.113. The minimum absolute atomic E-state index is 0.125. The Kier molecular flexibility index (Phi) is 5.82. The molecule has 3 heterocycles. The highest BCUT2D eigenvalue weighted by Gasteiger charge is 2.18. The Morgan fingerprint density at radius 1 is 1.32 bits per heavy atom. The molecule has 0 aliphatic carbocycles. The number of carbonyl (C=O) groups is 1. The van der Waals surface area contributed by atoms with Crippen LogP contribution in [0.2, 0.25) is 0 Å². The molecule has 1 amide bonds. The second kappa shape index (κ2) is 8.07. The maximum absolute atomic E-state index is 12.2. The number of hydrogen-bond acceptors (Lipinski definition) is 8. The van der Waals surface area contributed by atoms with Crippen molar-refractivity contribution in [3.63, 3.8) is 0 Å². The average Bonchev–Trinajstić information content (AvgIpc) is 3.32. The van der Waals surface area contributed by atoms with Gasteiger partial charge in [0, 0.05) is 6.04 Å². The van der Waals surface area contributed by atoms with Gasteiger partial charge in [-0.15, -0.1) is 31.7 Å². The molecule has 0 aromatic carbocycles. The fourth-order valence-corrected chi connectivity index (χ4v) is 4.42. The lowest BCUT2D eigenvalue weighted by Gasteiger charge is -2.12. The summed E-state index contributed by atoms with van der Waals surface area (Å²) >= 11 is 4.40. The molecule has 0 atom stereocenters. The summed E-state index contributed by atoms with van der Waals surface area (Å²) in [5.74, 6) is 0.959. The first-order valence-corrected chi connectivity index (χ1v) is 10.5. The third kappa shape index (κ3) is 4.25. The van der Waals surface area contributed by atoms with Crippen molar-refractivity contribution in [1.82, 2.24) is 25.0 Å². The number of anilines is 1. The summed E-state index contributed by atoms with van der Waals surface area (Å²) in [4.78, 5) is 13.2. The van der Waals surface area contributed by atoms with Gasteiger partial charge in [-0.3, -0.25) is 14.7 Å². The van der Waals surface area contributed by atoms with Gasteiger partial charge in [0.25, 0.3) is 0 Å². The highest BCUT2D eigenvalue weighted by molar-refractivity contribution is 7.99. The summed E-state index contributed by atoms with van der Waals surface area (Å²) in [6, 6.07) is 4.22. The van der Waals surface area contributed by atoms with Gasteiger partial charge in [0.05, 0.1) is 10.6 Å². The SMILES string of the molecule is CCc1nnc(NC(=O)CSc2nnc(-c3cccs3)n2C(C)C)s1. The molecule has 1 N–H and O–H groups in total. The topological polar surface area (TPSA) is 85.6 Å². The number of rotatable bonds is 7. The average molecular weight is 395 g/mol. The van der Waals surface area contributed by atoms with E-state index in [9.17, 15) is 4.79 Å². The zero-order valence-electron chi connectivity index (χ0n) is 14.1. The minimum atomic E-state index is -0.125. The van der Waals surface area contributed by atoms with Crippen molar-refractivity contribution >= 4 is 45.5 Å². The van der Waals surface area contributed by atoms with Gasteiger partial charge in [0.15, 0.2) is 11.0 Å². The van der Waals surface area contributed by atoms with Gasteiger partial charge in [-0.05, 0) is 31.7 Å². The van der Waals surface area contributed by atoms with Crippen LogP contribution in [0.5, 0.6) is 0 Å². The molecule has 0 fully saturated rings. The molecule has 3 aromatic heterocycles. The molecule has 0 saturated heterocycles. The van der Waals surface area contributed by atoms with Crippen LogP contribution in [0.15, 0.2) is 22.7 Å². The van der Waals surface area contributed by atoms with E-state index < -0.39 is 0 Å². The summed E-state index contributed by atoms with van der Waals surface area (Å²) in [6.45, 7) is 6.17. The monoisotopic (exact) mass is 394 g/mol. The fraction of sp³-hybridized carbons (Fsp3) is 0.400. The van der Waals surface area contributed by atoms with Crippen LogP contribution in [0, 0.1) is 0 Å². The maximum Gasteiger partial charge on any atom is 0.236 e. The van der Waals surface area contributed by atoms with E-state index in [1.807, 2.05) is 24.4 Å². The van der Waals surface area contributed by atoms with E-state index in [4.69, 9.17) is 0 Å². The second-order valence-corrected chi connectivity index (χ2v) is 8.39. The molecule has 0 unspecified atom stereocenters. The Bertz CT molecular complexity index is 839. The van der Waals surface area contributed by atoms with Gasteiger partial charge in [0.2, 0.25) is 11.0 Å². The predicted molar refractivity (Wildman–Crippen MR) is 102 cm³/mol. The summed E-state index contributed by atoms with van der Waals surface area (Å²) in [5.41, 5.74) is 0. The van der Waals surface area contributed by atoms with Crippen LogP contribution in [0.1, 0.15) is 31.8 Å². The van der Waals surface area contributed by atoms with Crippen molar-refractivity contribution in [2.45, 2.75) is 38.4 Å². The van der Waals surface area contributed by atoms with E-state index in [-0.39, 0.29) is 17.7 Å². The molecule has 0 saturated carbocycles. The largest absolute Gasteiger partial charge is 0.300 e. The van der Waals surface area contributed by atoms with Crippen LogP contribution >= 0.6 is 34.4 Å². The Morgan fingerprint density at radius 2 is 2.16 bits per heavy atom. The van der Waals surface area contributed by atoms with Gasteiger partial charge in [-0.2, -0.15) is 0 Å². The quantitative estimate of drug-likeness (QED) is 0.615. The van der Waals surface area contributed by atoms with Gasteiger partial charge >= 0.3 is 0 Å². The number of hydrogen-bond donors (Lipinski definition) is 1. The van der Waals surface area contributed by atoms with Crippen molar-refractivity contribution in [2.75, 3.05) is 11.1 Å². The van der Waals surface area contributed by atoms with E-state index in [2.05, 4.69) is 44.1 Å². The molecule has 0 aliphatic heterocycles. The molecule has 10 heteroatoms.